The molecule has 0 bridgehead atoms. The fourth-order valence-electron chi connectivity index (χ4n) is 2.59. The molecule has 2 aromatic carbocycles. The fourth-order valence-corrected chi connectivity index (χ4v) is 4.10. The number of carbonyl (C=O) groups is 1. The van der Waals surface area contributed by atoms with Crippen LogP contribution in [0, 0.1) is 6.92 Å². The van der Waals surface area contributed by atoms with Gasteiger partial charge in [0.2, 0.25) is 5.91 Å². The molecule has 0 saturated heterocycles. The van der Waals surface area contributed by atoms with Gasteiger partial charge in [-0.15, -0.1) is 23.1 Å². The van der Waals surface area contributed by atoms with Crippen molar-refractivity contribution in [2.24, 2.45) is 0 Å². The normalized spacial score (nSPS) is 10.7. The van der Waals surface area contributed by atoms with E-state index in [4.69, 9.17) is 0 Å². The van der Waals surface area contributed by atoms with Crippen LogP contribution < -0.4 is 5.32 Å². The van der Waals surface area contributed by atoms with E-state index in [-0.39, 0.29) is 5.91 Å². The molecule has 0 aliphatic carbocycles. The van der Waals surface area contributed by atoms with E-state index >= 15 is 0 Å². The van der Waals surface area contributed by atoms with Crippen molar-refractivity contribution < 1.29 is 4.79 Å². The Labute approximate surface area is 162 Å². The number of anilines is 1. The Bertz CT molecular complexity index is 872. The average molecular weight is 383 g/mol. The Morgan fingerprint density at radius 1 is 1.15 bits per heavy atom. The summed E-state index contributed by atoms with van der Waals surface area (Å²) in [5, 5.41) is 5.54. The van der Waals surface area contributed by atoms with E-state index in [2.05, 4.69) is 72.7 Å². The van der Waals surface area contributed by atoms with E-state index < -0.39 is 0 Å². The SMILES string of the molecule is CCc1ccc(-c2csc(NC(=O)CSCc3cccc(C)c3)n2)cc1. The molecule has 0 atom stereocenters. The molecule has 1 heterocycles. The highest BCUT2D eigenvalue weighted by molar-refractivity contribution is 7.99. The smallest absolute Gasteiger partial charge is 0.236 e. The number of nitrogens with zero attached hydrogens (tertiary/aromatic N) is 1. The molecule has 5 heteroatoms. The van der Waals surface area contributed by atoms with Crippen LogP contribution >= 0.6 is 23.1 Å². The van der Waals surface area contributed by atoms with Gasteiger partial charge in [-0.25, -0.2) is 4.98 Å². The zero-order valence-electron chi connectivity index (χ0n) is 15.0. The van der Waals surface area contributed by atoms with Crippen molar-refractivity contribution in [2.45, 2.75) is 26.0 Å². The summed E-state index contributed by atoms with van der Waals surface area (Å²) in [6.45, 7) is 4.22. The van der Waals surface area contributed by atoms with Gasteiger partial charge in [0.15, 0.2) is 5.13 Å². The topological polar surface area (TPSA) is 42.0 Å². The molecule has 0 aliphatic rings. The Kier molecular flexibility index (Phi) is 6.47. The maximum atomic E-state index is 12.1. The lowest BCUT2D eigenvalue weighted by molar-refractivity contribution is -0.113. The van der Waals surface area contributed by atoms with Gasteiger partial charge < -0.3 is 5.32 Å². The van der Waals surface area contributed by atoms with Crippen molar-refractivity contribution in [1.29, 1.82) is 0 Å². The predicted molar refractivity (Wildman–Crippen MR) is 113 cm³/mol. The zero-order valence-corrected chi connectivity index (χ0v) is 16.6. The first kappa shape index (κ1) is 18.7. The second-order valence-corrected chi connectivity index (χ2v) is 7.96. The first-order valence-corrected chi connectivity index (χ1v) is 10.7. The van der Waals surface area contributed by atoms with Crippen molar-refractivity contribution in [3.8, 4) is 11.3 Å². The van der Waals surface area contributed by atoms with Crippen molar-refractivity contribution in [1.82, 2.24) is 4.98 Å². The van der Waals surface area contributed by atoms with Gasteiger partial charge >= 0.3 is 0 Å². The molecule has 3 rings (SSSR count). The van der Waals surface area contributed by atoms with E-state index in [0.717, 1.165) is 23.4 Å². The third kappa shape index (κ3) is 5.19. The van der Waals surface area contributed by atoms with E-state index in [1.54, 1.807) is 11.8 Å². The van der Waals surface area contributed by atoms with Crippen LogP contribution in [0.2, 0.25) is 0 Å². The number of rotatable bonds is 7. The van der Waals surface area contributed by atoms with Gasteiger partial charge in [0.1, 0.15) is 0 Å². The Morgan fingerprint density at radius 2 is 1.96 bits per heavy atom. The van der Waals surface area contributed by atoms with E-state index in [1.165, 1.54) is 28.0 Å². The molecule has 26 heavy (non-hydrogen) atoms. The minimum absolute atomic E-state index is 0.00937. The number of hydrogen-bond donors (Lipinski definition) is 1. The maximum absolute atomic E-state index is 12.1. The van der Waals surface area contributed by atoms with Crippen molar-refractivity contribution in [3.05, 3.63) is 70.6 Å². The maximum Gasteiger partial charge on any atom is 0.236 e. The summed E-state index contributed by atoms with van der Waals surface area (Å²) in [5.74, 6) is 1.25. The minimum Gasteiger partial charge on any atom is -0.301 e. The third-order valence-electron chi connectivity index (χ3n) is 3.99. The fraction of sp³-hybridized carbons (Fsp3) is 0.238. The number of thiazole rings is 1. The number of carbonyl (C=O) groups excluding carboxylic acids is 1. The van der Waals surface area contributed by atoms with Crippen LogP contribution in [0.15, 0.2) is 53.9 Å². The monoisotopic (exact) mass is 382 g/mol. The first-order chi connectivity index (χ1) is 12.6. The second-order valence-electron chi connectivity index (χ2n) is 6.12. The van der Waals surface area contributed by atoms with Crippen LogP contribution in [-0.2, 0) is 17.0 Å². The summed E-state index contributed by atoms with van der Waals surface area (Å²) in [6.07, 6.45) is 1.03. The quantitative estimate of drug-likeness (QED) is 0.582. The van der Waals surface area contributed by atoms with Gasteiger partial charge in [-0.05, 0) is 24.5 Å². The Balaban J connectivity index is 1.50. The molecule has 0 saturated carbocycles. The zero-order chi connectivity index (χ0) is 18.4. The molecule has 0 unspecified atom stereocenters. The van der Waals surface area contributed by atoms with Crippen LogP contribution in [-0.4, -0.2) is 16.6 Å². The van der Waals surface area contributed by atoms with Gasteiger partial charge in [-0.2, -0.15) is 0 Å². The van der Waals surface area contributed by atoms with E-state index in [0.29, 0.717) is 10.9 Å². The molecule has 0 fully saturated rings. The summed E-state index contributed by atoms with van der Waals surface area (Å²) in [6, 6.07) is 16.8. The summed E-state index contributed by atoms with van der Waals surface area (Å²) in [7, 11) is 0. The number of aryl methyl sites for hydroxylation is 2. The molecule has 0 spiro atoms. The highest BCUT2D eigenvalue weighted by atomic mass is 32.2. The summed E-state index contributed by atoms with van der Waals surface area (Å²) in [4.78, 5) is 16.7. The van der Waals surface area contributed by atoms with Crippen LogP contribution in [0.3, 0.4) is 0 Å². The molecule has 1 amide bonds. The largest absolute Gasteiger partial charge is 0.301 e. The molecular weight excluding hydrogens is 360 g/mol. The van der Waals surface area contributed by atoms with Crippen molar-refractivity contribution >= 4 is 34.1 Å². The van der Waals surface area contributed by atoms with Crippen LogP contribution in [0.25, 0.3) is 11.3 Å². The third-order valence-corrected chi connectivity index (χ3v) is 5.75. The van der Waals surface area contributed by atoms with Gasteiger partial charge in [0, 0.05) is 16.7 Å². The standard InChI is InChI=1S/C21H22N2OS2/c1-3-16-7-9-18(10-8-16)19-13-26-21(22-19)23-20(24)14-25-12-17-6-4-5-15(2)11-17/h4-11,13H,3,12,14H2,1-2H3,(H,22,23,24). The Morgan fingerprint density at radius 3 is 2.69 bits per heavy atom. The number of aromatic nitrogens is 1. The van der Waals surface area contributed by atoms with Gasteiger partial charge in [-0.1, -0.05) is 61.0 Å². The average Bonchev–Trinajstić information content (AvgIpc) is 3.10. The van der Waals surface area contributed by atoms with Crippen LogP contribution in [0.4, 0.5) is 5.13 Å². The molecule has 0 radical (unpaired) electrons. The molecule has 3 nitrogen and oxygen atoms in total. The van der Waals surface area contributed by atoms with E-state index in [1.807, 2.05) is 5.38 Å². The molecule has 134 valence electrons. The minimum atomic E-state index is -0.00937. The first-order valence-electron chi connectivity index (χ1n) is 8.62. The lowest BCUT2D eigenvalue weighted by Crippen LogP contribution is -2.13. The summed E-state index contributed by atoms with van der Waals surface area (Å²) < 4.78 is 0. The molecule has 3 aromatic rings. The lowest BCUT2D eigenvalue weighted by Gasteiger charge is -2.03. The number of amides is 1. The number of hydrogen-bond acceptors (Lipinski definition) is 4. The van der Waals surface area contributed by atoms with Gasteiger partial charge in [0.25, 0.3) is 0 Å². The molecule has 0 aliphatic heterocycles. The number of benzene rings is 2. The van der Waals surface area contributed by atoms with Crippen molar-refractivity contribution in [3.63, 3.8) is 0 Å². The van der Waals surface area contributed by atoms with Crippen LogP contribution in [0.5, 0.6) is 0 Å². The Hall–Kier alpha value is -2.11. The summed E-state index contributed by atoms with van der Waals surface area (Å²) >= 11 is 3.08. The lowest BCUT2D eigenvalue weighted by atomic mass is 10.1. The number of nitrogens with one attached hydrogen (secondary N) is 1. The molecule has 1 aromatic heterocycles. The van der Waals surface area contributed by atoms with Crippen molar-refractivity contribution in [2.75, 3.05) is 11.1 Å². The highest BCUT2D eigenvalue weighted by Gasteiger charge is 2.08. The van der Waals surface area contributed by atoms with E-state index in [9.17, 15) is 4.79 Å². The van der Waals surface area contributed by atoms with Gasteiger partial charge in [-0.3, -0.25) is 4.79 Å². The second kappa shape index (κ2) is 9.01. The predicted octanol–water partition coefficient (Wildman–Crippen LogP) is 5.55. The van der Waals surface area contributed by atoms with Crippen LogP contribution in [0.1, 0.15) is 23.6 Å². The number of thioether (sulfide) groups is 1. The molecular formula is C21H22N2OS2. The van der Waals surface area contributed by atoms with Gasteiger partial charge in [0.05, 0.1) is 11.4 Å². The molecule has 1 N–H and O–H groups in total. The summed E-state index contributed by atoms with van der Waals surface area (Å²) in [5.41, 5.74) is 5.78. The highest BCUT2D eigenvalue weighted by Crippen LogP contribution is 2.25.